The van der Waals surface area contributed by atoms with Crippen LogP contribution in [0, 0.1) is 0 Å². The Morgan fingerprint density at radius 2 is 2.18 bits per heavy atom. The third-order valence-corrected chi connectivity index (χ3v) is 3.61. The number of hydrogen-bond acceptors (Lipinski definition) is 7. The second-order valence-electron chi connectivity index (χ2n) is 4.55. The van der Waals surface area contributed by atoms with Crippen molar-refractivity contribution in [3.05, 3.63) is 32.6 Å². The van der Waals surface area contributed by atoms with Crippen molar-refractivity contribution in [2.45, 2.75) is 24.9 Å². The summed E-state index contributed by atoms with van der Waals surface area (Å²) in [5.41, 5.74) is -2.05. The van der Waals surface area contributed by atoms with Crippen LogP contribution < -0.4 is 11.2 Å². The molecule has 12 heteroatoms. The van der Waals surface area contributed by atoms with Gasteiger partial charge in [0.25, 0.3) is 5.56 Å². The lowest BCUT2D eigenvalue weighted by molar-refractivity contribution is -0.0453. The first-order valence-electron chi connectivity index (χ1n) is 6.06. The molecule has 0 aromatic carbocycles. The zero-order chi connectivity index (χ0) is 16.5. The van der Waals surface area contributed by atoms with E-state index in [0.29, 0.717) is 0 Å². The van der Waals surface area contributed by atoms with E-state index in [2.05, 4.69) is 4.52 Å². The molecule has 0 radical (unpaired) electrons. The maximum atomic E-state index is 11.7. The van der Waals surface area contributed by atoms with E-state index in [-0.39, 0.29) is 18.3 Å². The van der Waals surface area contributed by atoms with Crippen molar-refractivity contribution in [3.8, 4) is 0 Å². The molecule has 1 aromatic rings. The number of aliphatic hydroxyl groups is 1. The Morgan fingerprint density at radius 3 is 2.73 bits per heavy atom. The molecular weight excluding hydrogens is 323 g/mol. The number of ether oxygens (including phenoxy) is 1. The van der Waals surface area contributed by atoms with Crippen molar-refractivity contribution in [3.63, 3.8) is 0 Å². The van der Waals surface area contributed by atoms with Crippen molar-refractivity contribution in [2.24, 2.45) is 0 Å². The van der Waals surface area contributed by atoms with Gasteiger partial charge in [-0.15, -0.1) is 0 Å². The summed E-state index contributed by atoms with van der Waals surface area (Å²) in [5, 5.41) is 9.15. The standard InChI is InChI=1S/C10H13N2O9P/c13-3-5-2-12(10(16)11-9(5)15)8-1-6(7(4-14)20-8)21-22(17,18)19/h2-3,6-8,14H,1,4H2,(H,11,15,16)(H2,17,18,19)/t6-,7+,8+/m0/s1. The largest absolute Gasteiger partial charge is 0.469 e. The Balaban J connectivity index is 2.31. The van der Waals surface area contributed by atoms with Gasteiger partial charge in [0.05, 0.1) is 12.2 Å². The number of nitrogens with one attached hydrogen (secondary N) is 1. The van der Waals surface area contributed by atoms with Crippen LogP contribution in [0.4, 0.5) is 0 Å². The van der Waals surface area contributed by atoms with Gasteiger partial charge < -0.3 is 19.6 Å². The summed E-state index contributed by atoms with van der Waals surface area (Å²) in [5.74, 6) is 0. The Labute approximate surface area is 122 Å². The number of carbonyl (C=O) groups is 1. The first-order chi connectivity index (χ1) is 10.2. The van der Waals surface area contributed by atoms with E-state index in [1.54, 1.807) is 0 Å². The van der Waals surface area contributed by atoms with E-state index in [9.17, 15) is 18.9 Å². The Morgan fingerprint density at radius 1 is 1.50 bits per heavy atom. The van der Waals surface area contributed by atoms with Crippen molar-refractivity contribution in [2.75, 3.05) is 6.61 Å². The number of hydrogen-bond donors (Lipinski definition) is 4. The molecule has 122 valence electrons. The van der Waals surface area contributed by atoms with Crippen molar-refractivity contribution < 1.29 is 33.5 Å². The molecule has 1 fully saturated rings. The van der Waals surface area contributed by atoms with E-state index in [1.165, 1.54) is 0 Å². The normalized spacial score (nSPS) is 25.3. The highest BCUT2D eigenvalue weighted by molar-refractivity contribution is 7.46. The van der Waals surface area contributed by atoms with Crippen molar-refractivity contribution >= 4 is 14.1 Å². The number of aromatic nitrogens is 2. The number of H-pyrrole nitrogens is 1. The van der Waals surface area contributed by atoms with Crippen LogP contribution in [0.1, 0.15) is 23.0 Å². The lowest BCUT2D eigenvalue weighted by Crippen LogP contribution is -2.34. The van der Waals surface area contributed by atoms with Crippen LogP contribution in [-0.2, 0) is 13.8 Å². The molecule has 0 unspecified atom stereocenters. The first-order valence-corrected chi connectivity index (χ1v) is 7.59. The molecule has 2 heterocycles. The quantitative estimate of drug-likeness (QED) is 0.354. The molecule has 1 saturated heterocycles. The molecule has 0 bridgehead atoms. The fourth-order valence-electron chi connectivity index (χ4n) is 2.12. The zero-order valence-electron chi connectivity index (χ0n) is 11.0. The van der Waals surface area contributed by atoms with E-state index in [4.69, 9.17) is 19.6 Å². The molecular formula is C10H13N2O9P. The van der Waals surface area contributed by atoms with Gasteiger partial charge in [0.1, 0.15) is 18.4 Å². The van der Waals surface area contributed by atoms with Gasteiger partial charge in [-0.1, -0.05) is 0 Å². The number of aldehydes is 1. The van der Waals surface area contributed by atoms with E-state index in [0.717, 1.165) is 10.8 Å². The lowest BCUT2D eigenvalue weighted by Gasteiger charge is -2.16. The Hall–Kier alpha value is -1.62. The molecule has 0 amide bonds. The van der Waals surface area contributed by atoms with Crippen molar-refractivity contribution in [1.29, 1.82) is 0 Å². The molecule has 3 atom stereocenters. The summed E-state index contributed by atoms with van der Waals surface area (Å²) in [6.45, 7) is -0.597. The van der Waals surface area contributed by atoms with Gasteiger partial charge >= 0.3 is 13.5 Å². The lowest BCUT2D eigenvalue weighted by atomic mass is 10.2. The van der Waals surface area contributed by atoms with Gasteiger partial charge in [0.15, 0.2) is 6.29 Å². The van der Waals surface area contributed by atoms with Crippen LogP contribution in [0.5, 0.6) is 0 Å². The van der Waals surface area contributed by atoms with Gasteiger partial charge in [0, 0.05) is 12.6 Å². The predicted molar refractivity (Wildman–Crippen MR) is 69.2 cm³/mol. The molecule has 0 aliphatic carbocycles. The topological polar surface area (TPSA) is 168 Å². The predicted octanol–water partition coefficient (Wildman–Crippen LogP) is -1.89. The fourth-order valence-corrected chi connectivity index (χ4v) is 2.70. The minimum atomic E-state index is -4.81. The molecule has 0 saturated carbocycles. The third kappa shape index (κ3) is 3.58. The van der Waals surface area contributed by atoms with E-state index >= 15 is 0 Å². The fraction of sp³-hybridized carbons (Fsp3) is 0.500. The van der Waals surface area contributed by atoms with Gasteiger partial charge in [-0.2, -0.15) is 0 Å². The zero-order valence-corrected chi connectivity index (χ0v) is 11.9. The van der Waals surface area contributed by atoms with Crippen LogP contribution in [0.25, 0.3) is 0 Å². The van der Waals surface area contributed by atoms with Crippen LogP contribution in [-0.4, -0.2) is 49.5 Å². The summed E-state index contributed by atoms with van der Waals surface area (Å²) in [6, 6.07) is 0. The molecule has 11 nitrogen and oxygen atoms in total. The number of phosphoric acid groups is 1. The van der Waals surface area contributed by atoms with E-state index < -0.39 is 44.1 Å². The summed E-state index contributed by atoms with van der Waals surface area (Å²) < 4.78 is 21.5. The average Bonchev–Trinajstić information content (AvgIpc) is 2.79. The highest BCUT2D eigenvalue weighted by Crippen LogP contribution is 2.43. The molecule has 22 heavy (non-hydrogen) atoms. The second kappa shape index (κ2) is 6.24. The third-order valence-electron chi connectivity index (χ3n) is 3.07. The van der Waals surface area contributed by atoms with Gasteiger partial charge in [-0.05, 0) is 0 Å². The summed E-state index contributed by atoms with van der Waals surface area (Å²) in [7, 11) is -4.81. The Kier molecular flexibility index (Phi) is 4.75. The summed E-state index contributed by atoms with van der Waals surface area (Å²) in [4.78, 5) is 53.3. The van der Waals surface area contributed by atoms with Gasteiger partial charge in [-0.25, -0.2) is 9.36 Å². The number of aliphatic hydroxyl groups excluding tert-OH is 1. The summed E-state index contributed by atoms with van der Waals surface area (Å²) >= 11 is 0. The number of nitrogens with zero attached hydrogens (tertiary/aromatic N) is 1. The monoisotopic (exact) mass is 336 g/mol. The molecule has 1 aliphatic rings. The number of aromatic amines is 1. The summed E-state index contributed by atoms with van der Waals surface area (Å²) in [6.07, 6.45) is -2.24. The van der Waals surface area contributed by atoms with Crippen LogP contribution in [0.15, 0.2) is 15.8 Å². The van der Waals surface area contributed by atoms with Gasteiger partial charge in [-0.3, -0.25) is 23.7 Å². The van der Waals surface area contributed by atoms with Crippen molar-refractivity contribution in [1.82, 2.24) is 9.55 Å². The molecule has 4 N–H and O–H groups in total. The smallest absolute Gasteiger partial charge is 0.394 e. The maximum Gasteiger partial charge on any atom is 0.469 e. The van der Waals surface area contributed by atoms with Crippen LogP contribution in [0.2, 0.25) is 0 Å². The number of phosphoric ester groups is 1. The average molecular weight is 336 g/mol. The number of rotatable bonds is 5. The first kappa shape index (κ1) is 16.7. The molecule has 1 aromatic heterocycles. The van der Waals surface area contributed by atoms with Gasteiger partial charge in [0.2, 0.25) is 0 Å². The minimum absolute atomic E-state index is 0.166. The number of carbonyl (C=O) groups excluding carboxylic acids is 1. The molecule has 0 spiro atoms. The van der Waals surface area contributed by atoms with Crippen LogP contribution >= 0.6 is 7.82 Å². The highest BCUT2D eigenvalue weighted by Gasteiger charge is 2.40. The SMILES string of the molecule is O=Cc1cn([C@H]2C[C@H](OP(=O)(O)O)[C@@H](CO)O2)c(=O)[nH]c1=O. The molecule has 2 rings (SSSR count). The maximum absolute atomic E-state index is 11.7. The van der Waals surface area contributed by atoms with Crippen LogP contribution in [0.3, 0.4) is 0 Å². The second-order valence-corrected chi connectivity index (χ2v) is 5.74. The highest BCUT2D eigenvalue weighted by atomic mass is 31.2. The Bertz CT molecular complexity index is 720. The molecule has 1 aliphatic heterocycles. The minimum Gasteiger partial charge on any atom is -0.394 e. The van der Waals surface area contributed by atoms with E-state index in [1.807, 2.05) is 4.98 Å².